The van der Waals surface area contributed by atoms with Crippen molar-refractivity contribution in [1.82, 2.24) is 9.78 Å². The first-order valence-electron chi connectivity index (χ1n) is 7.22. The van der Waals surface area contributed by atoms with Gasteiger partial charge in [0.25, 0.3) is 0 Å². The van der Waals surface area contributed by atoms with Gasteiger partial charge in [0, 0.05) is 18.2 Å². The van der Waals surface area contributed by atoms with Crippen LogP contribution >= 0.6 is 0 Å². The number of anilines is 1. The lowest BCUT2D eigenvalue weighted by molar-refractivity contribution is 0.281. The highest BCUT2D eigenvalue weighted by molar-refractivity contribution is 5.56. The summed E-state index contributed by atoms with van der Waals surface area (Å²) in [6, 6.07) is 10.3. The van der Waals surface area contributed by atoms with E-state index in [1.807, 2.05) is 48.0 Å². The first-order valence-corrected chi connectivity index (χ1v) is 7.22. The predicted octanol–water partition coefficient (Wildman–Crippen LogP) is 3.07. The maximum Gasteiger partial charge on any atom is 0.138 e. The minimum atomic E-state index is -0.0195. The highest BCUT2D eigenvalue weighted by Gasteiger charge is 2.22. The Morgan fingerprint density at radius 1 is 1.33 bits per heavy atom. The molecule has 0 aliphatic carbocycles. The zero-order chi connectivity index (χ0) is 15.4. The van der Waals surface area contributed by atoms with E-state index in [1.165, 1.54) is 0 Å². The molecule has 21 heavy (non-hydrogen) atoms. The van der Waals surface area contributed by atoms with E-state index in [4.69, 9.17) is 0 Å². The first kappa shape index (κ1) is 15.3. The van der Waals surface area contributed by atoms with Crippen LogP contribution in [0.15, 0.2) is 43.0 Å². The minimum absolute atomic E-state index is 0.0195. The van der Waals surface area contributed by atoms with Crippen molar-refractivity contribution in [3.05, 3.63) is 54.2 Å². The lowest BCUT2D eigenvalue weighted by Crippen LogP contribution is -2.33. The molecule has 0 aliphatic rings. The van der Waals surface area contributed by atoms with Crippen LogP contribution in [0.3, 0.4) is 0 Å². The van der Waals surface area contributed by atoms with Gasteiger partial charge in [0.2, 0.25) is 0 Å². The van der Waals surface area contributed by atoms with Crippen LogP contribution in [0.4, 0.5) is 5.82 Å². The molecule has 0 aliphatic heterocycles. The Morgan fingerprint density at radius 2 is 2.00 bits per heavy atom. The van der Waals surface area contributed by atoms with Gasteiger partial charge in [-0.2, -0.15) is 5.10 Å². The fourth-order valence-electron chi connectivity index (χ4n) is 2.46. The molecule has 0 amide bonds. The Kier molecular flexibility index (Phi) is 4.81. The fraction of sp³-hybridized carbons (Fsp3) is 0.353. The molecule has 0 radical (unpaired) electrons. The number of benzene rings is 1. The molecule has 112 valence electrons. The second kappa shape index (κ2) is 6.59. The highest BCUT2D eigenvalue weighted by Crippen LogP contribution is 2.28. The molecular weight excluding hydrogens is 262 g/mol. The molecule has 1 N–H and O–H groups in total. The van der Waals surface area contributed by atoms with Crippen LogP contribution in [-0.4, -0.2) is 27.5 Å². The number of nitrogens with zero attached hydrogens (tertiary/aromatic N) is 3. The number of aliphatic hydroxyl groups excluding tert-OH is 1. The fourth-order valence-corrected chi connectivity index (χ4v) is 2.46. The maximum atomic E-state index is 9.75. The lowest BCUT2D eigenvalue weighted by atomic mass is 10.2. The van der Waals surface area contributed by atoms with Gasteiger partial charge in [-0.25, -0.2) is 4.68 Å². The van der Waals surface area contributed by atoms with E-state index >= 15 is 0 Å². The summed E-state index contributed by atoms with van der Waals surface area (Å²) in [4.78, 5) is 2.20. The molecule has 2 rings (SSSR count). The Balaban J connectivity index is 2.63. The van der Waals surface area contributed by atoms with Gasteiger partial charge in [-0.3, -0.25) is 0 Å². The van der Waals surface area contributed by atoms with Crippen LogP contribution in [0.2, 0.25) is 0 Å². The molecule has 1 aromatic heterocycles. The number of aliphatic hydroxyl groups is 1. The van der Waals surface area contributed by atoms with Crippen molar-refractivity contribution < 1.29 is 5.11 Å². The standard InChI is InChI=1S/C17H23N3O/c1-5-11-19(13(2)3)17-16(12-21)14(4)18-20(17)15-9-7-6-8-10-15/h5-10,13,21H,1,11-12H2,2-4H3. The maximum absolute atomic E-state index is 9.75. The van der Waals surface area contributed by atoms with Crippen molar-refractivity contribution in [3.8, 4) is 5.69 Å². The second-order valence-corrected chi connectivity index (χ2v) is 5.33. The third-order valence-electron chi connectivity index (χ3n) is 3.54. The van der Waals surface area contributed by atoms with Crippen LogP contribution in [0.25, 0.3) is 5.69 Å². The predicted molar refractivity (Wildman–Crippen MR) is 86.9 cm³/mol. The summed E-state index contributed by atoms with van der Waals surface area (Å²) in [7, 11) is 0. The topological polar surface area (TPSA) is 41.3 Å². The lowest BCUT2D eigenvalue weighted by Gasteiger charge is -2.29. The normalized spacial score (nSPS) is 10.9. The van der Waals surface area contributed by atoms with Gasteiger partial charge in [-0.1, -0.05) is 24.3 Å². The average Bonchev–Trinajstić information content (AvgIpc) is 2.81. The molecule has 4 heteroatoms. The Hall–Kier alpha value is -2.07. The summed E-state index contributed by atoms with van der Waals surface area (Å²) in [5, 5.41) is 14.4. The van der Waals surface area contributed by atoms with Crippen molar-refractivity contribution in [3.63, 3.8) is 0 Å². The van der Waals surface area contributed by atoms with Gasteiger partial charge in [-0.15, -0.1) is 6.58 Å². The molecule has 0 bridgehead atoms. The van der Waals surface area contributed by atoms with Gasteiger partial charge < -0.3 is 10.0 Å². The summed E-state index contributed by atoms with van der Waals surface area (Å²) in [6.45, 7) is 10.7. The van der Waals surface area contributed by atoms with Crippen molar-refractivity contribution in [1.29, 1.82) is 0 Å². The molecule has 2 aromatic rings. The summed E-state index contributed by atoms with van der Waals surface area (Å²) in [6.07, 6.45) is 1.87. The molecule has 0 atom stereocenters. The Labute approximate surface area is 126 Å². The minimum Gasteiger partial charge on any atom is -0.391 e. The van der Waals surface area contributed by atoms with Gasteiger partial charge in [0.1, 0.15) is 5.82 Å². The van der Waals surface area contributed by atoms with Crippen molar-refractivity contribution in [2.45, 2.75) is 33.4 Å². The zero-order valence-corrected chi connectivity index (χ0v) is 13.0. The van der Waals surface area contributed by atoms with E-state index in [2.05, 4.69) is 30.4 Å². The first-order chi connectivity index (χ1) is 10.1. The van der Waals surface area contributed by atoms with E-state index in [9.17, 15) is 5.11 Å². The van der Waals surface area contributed by atoms with E-state index in [-0.39, 0.29) is 12.6 Å². The molecule has 1 heterocycles. The molecule has 1 aromatic carbocycles. The number of hydrogen-bond donors (Lipinski definition) is 1. The van der Waals surface area contributed by atoms with Crippen LogP contribution in [0.5, 0.6) is 0 Å². The molecule has 4 nitrogen and oxygen atoms in total. The monoisotopic (exact) mass is 285 g/mol. The van der Waals surface area contributed by atoms with Gasteiger partial charge in [0.05, 0.1) is 18.0 Å². The highest BCUT2D eigenvalue weighted by atomic mass is 16.3. The number of hydrogen-bond acceptors (Lipinski definition) is 3. The van der Waals surface area contributed by atoms with Crippen molar-refractivity contribution in [2.75, 3.05) is 11.4 Å². The zero-order valence-electron chi connectivity index (χ0n) is 13.0. The van der Waals surface area contributed by atoms with E-state index in [0.717, 1.165) is 22.8 Å². The average molecular weight is 285 g/mol. The van der Waals surface area contributed by atoms with Gasteiger partial charge in [-0.05, 0) is 32.9 Å². The summed E-state index contributed by atoms with van der Waals surface area (Å²) >= 11 is 0. The van der Waals surface area contributed by atoms with Crippen LogP contribution in [0.1, 0.15) is 25.1 Å². The molecule has 0 unspecified atom stereocenters. The quantitative estimate of drug-likeness (QED) is 0.829. The number of aryl methyl sites for hydroxylation is 1. The summed E-state index contributed by atoms with van der Waals surface area (Å²) < 4.78 is 1.91. The molecule has 0 spiro atoms. The number of aromatic nitrogens is 2. The Bertz CT molecular complexity index is 602. The van der Waals surface area contributed by atoms with Crippen LogP contribution in [0, 0.1) is 6.92 Å². The van der Waals surface area contributed by atoms with Crippen LogP contribution < -0.4 is 4.90 Å². The summed E-state index contributed by atoms with van der Waals surface area (Å²) in [5.74, 6) is 0.941. The van der Waals surface area contributed by atoms with Gasteiger partial charge >= 0.3 is 0 Å². The smallest absolute Gasteiger partial charge is 0.138 e. The van der Waals surface area contributed by atoms with E-state index in [1.54, 1.807) is 0 Å². The SMILES string of the molecule is C=CCN(c1c(CO)c(C)nn1-c1ccccc1)C(C)C. The molecule has 0 fully saturated rings. The largest absolute Gasteiger partial charge is 0.391 e. The number of para-hydroxylation sites is 1. The molecule has 0 saturated heterocycles. The molecule has 0 saturated carbocycles. The second-order valence-electron chi connectivity index (χ2n) is 5.33. The van der Waals surface area contributed by atoms with E-state index < -0.39 is 0 Å². The van der Waals surface area contributed by atoms with Crippen molar-refractivity contribution in [2.24, 2.45) is 0 Å². The Morgan fingerprint density at radius 3 is 2.52 bits per heavy atom. The van der Waals surface area contributed by atoms with Gasteiger partial charge in [0.15, 0.2) is 0 Å². The van der Waals surface area contributed by atoms with E-state index in [0.29, 0.717) is 6.54 Å². The number of rotatable bonds is 6. The summed E-state index contributed by atoms with van der Waals surface area (Å²) in [5.41, 5.74) is 2.71. The third kappa shape index (κ3) is 3.00. The molecular formula is C17H23N3O. The van der Waals surface area contributed by atoms with Crippen molar-refractivity contribution >= 4 is 5.82 Å². The third-order valence-corrected chi connectivity index (χ3v) is 3.54. The van der Waals surface area contributed by atoms with Crippen LogP contribution in [-0.2, 0) is 6.61 Å².